The fraction of sp³-hybridized carbons (Fsp3) is 0.533. The van der Waals surface area contributed by atoms with E-state index in [4.69, 9.17) is 5.26 Å². The molecule has 0 saturated carbocycles. The molecule has 0 bridgehead atoms. The zero-order valence-corrected chi connectivity index (χ0v) is 11.9. The molecule has 2 unspecified atom stereocenters. The minimum absolute atomic E-state index is 0.261. The number of hydrogen-bond acceptors (Lipinski definition) is 4. The maximum Gasteiger partial charge on any atom is 0.124 e. The predicted octanol–water partition coefficient (Wildman–Crippen LogP) is 1.19. The van der Waals surface area contributed by atoms with E-state index < -0.39 is 5.82 Å². The number of likely N-dealkylation sites (N-methyl/N-ethyl adjacent to an activating group) is 1. The summed E-state index contributed by atoms with van der Waals surface area (Å²) in [5.41, 5.74) is 1.18. The van der Waals surface area contributed by atoms with Crippen molar-refractivity contribution in [3.63, 3.8) is 0 Å². The third-order valence-electron chi connectivity index (χ3n) is 3.65. The molecule has 1 fully saturated rings. The molecule has 0 aliphatic carbocycles. The van der Waals surface area contributed by atoms with Crippen LogP contribution >= 0.6 is 0 Å². The SMILES string of the molecule is CN(C)CC1CC(O)CN1Cc1ccc(F)cc1C#N. The Morgan fingerprint density at radius 1 is 1.50 bits per heavy atom. The summed E-state index contributed by atoms with van der Waals surface area (Å²) >= 11 is 0. The van der Waals surface area contributed by atoms with Crippen LogP contribution in [0.1, 0.15) is 17.5 Å². The molecular formula is C15H20FN3O. The van der Waals surface area contributed by atoms with E-state index in [1.807, 2.05) is 20.2 Å². The molecule has 2 rings (SSSR count). The second-order valence-corrected chi connectivity index (χ2v) is 5.65. The molecule has 0 radical (unpaired) electrons. The van der Waals surface area contributed by atoms with Crippen molar-refractivity contribution < 1.29 is 9.50 Å². The summed E-state index contributed by atoms with van der Waals surface area (Å²) in [6.45, 7) is 2.03. The largest absolute Gasteiger partial charge is 0.392 e. The second kappa shape index (κ2) is 6.31. The lowest BCUT2D eigenvalue weighted by atomic mass is 10.1. The number of benzene rings is 1. The Hall–Kier alpha value is -1.48. The third-order valence-corrected chi connectivity index (χ3v) is 3.65. The first-order valence-corrected chi connectivity index (χ1v) is 6.75. The van der Waals surface area contributed by atoms with E-state index in [-0.39, 0.29) is 12.1 Å². The molecule has 0 amide bonds. The molecule has 0 aromatic heterocycles. The summed E-state index contributed by atoms with van der Waals surface area (Å²) in [4.78, 5) is 4.25. The number of nitrogens with zero attached hydrogens (tertiary/aromatic N) is 3. The number of halogens is 1. The topological polar surface area (TPSA) is 50.5 Å². The van der Waals surface area contributed by atoms with Gasteiger partial charge in [-0.2, -0.15) is 5.26 Å². The molecule has 1 aliphatic rings. The van der Waals surface area contributed by atoms with Crippen molar-refractivity contribution in [3.8, 4) is 6.07 Å². The maximum atomic E-state index is 13.1. The summed E-state index contributed by atoms with van der Waals surface area (Å²) in [6.07, 6.45) is 0.410. The van der Waals surface area contributed by atoms with Crippen LogP contribution < -0.4 is 0 Å². The Balaban J connectivity index is 2.14. The predicted molar refractivity (Wildman–Crippen MR) is 74.5 cm³/mol. The van der Waals surface area contributed by atoms with Gasteiger partial charge in [-0.3, -0.25) is 4.90 Å². The van der Waals surface area contributed by atoms with Crippen molar-refractivity contribution in [2.24, 2.45) is 0 Å². The number of nitriles is 1. The summed E-state index contributed by atoms with van der Waals surface area (Å²) in [7, 11) is 4.00. The average molecular weight is 277 g/mol. The Morgan fingerprint density at radius 2 is 2.25 bits per heavy atom. The number of rotatable bonds is 4. The van der Waals surface area contributed by atoms with E-state index in [9.17, 15) is 9.50 Å². The Labute approximate surface area is 119 Å². The van der Waals surface area contributed by atoms with E-state index in [0.717, 1.165) is 18.5 Å². The van der Waals surface area contributed by atoms with Crippen molar-refractivity contribution in [1.29, 1.82) is 5.26 Å². The van der Waals surface area contributed by atoms with Gasteiger partial charge in [-0.25, -0.2) is 4.39 Å². The van der Waals surface area contributed by atoms with Crippen LogP contribution in [0.15, 0.2) is 18.2 Å². The minimum Gasteiger partial charge on any atom is -0.392 e. The van der Waals surface area contributed by atoms with Crippen molar-refractivity contribution in [2.45, 2.75) is 25.1 Å². The molecule has 1 saturated heterocycles. The van der Waals surface area contributed by atoms with Gasteiger partial charge in [0.25, 0.3) is 0 Å². The van der Waals surface area contributed by atoms with Gasteiger partial charge < -0.3 is 10.0 Å². The minimum atomic E-state index is -0.392. The molecule has 2 atom stereocenters. The van der Waals surface area contributed by atoms with Crippen LogP contribution in [-0.2, 0) is 6.54 Å². The maximum absolute atomic E-state index is 13.1. The smallest absolute Gasteiger partial charge is 0.124 e. The van der Waals surface area contributed by atoms with Gasteiger partial charge in [0, 0.05) is 25.7 Å². The van der Waals surface area contributed by atoms with Crippen molar-refractivity contribution in [2.75, 3.05) is 27.2 Å². The monoisotopic (exact) mass is 277 g/mol. The first-order chi connectivity index (χ1) is 9.49. The molecule has 1 N–H and O–H groups in total. The third kappa shape index (κ3) is 3.54. The summed E-state index contributed by atoms with van der Waals surface area (Å²) in [5, 5.41) is 18.9. The molecular weight excluding hydrogens is 257 g/mol. The number of aliphatic hydroxyl groups excluding tert-OH is 1. The second-order valence-electron chi connectivity index (χ2n) is 5.65. The Bertz CT molecular complexity index is 512. The highest BCUT2D eigenvalue weighted by atomic mass is 19.1. The molecule has 108 valence electrons. The van der Waals surface area contributed by atoms with Crippen LogP contribution in [0.3, 0.4) is 0 Å². The number of hydrogen-bond donors (Lipinski definition) is 1. The van der Waals surface area contributed by atoms with E-state index in [2.05, 4.69) is 9.80 Å². The van der Waals surface area contributed by atoms with Crippen LogP contribution in [0.5, 0.6) is 0 Å². The first kappa shape index (κ1) is 14.9. The molecule has 1 aromatic carbocycles. The van der Waals surface area contributed by atoms with Gasteiger partial charge >= 0.3 is 0 Å². The van der Waals surface area contributed by atoms with Crippen molar-refractivity contribution in [3.05, 3.63) is 35.1 Å². The lowest BCUT2D eigenvalue weighted by Gasteiger charge is -2.27. The first-order valence-electron chi connectivity index (χ1n) is 6.75. The van der Waals surface area contributed by atoms with Gasteiger partial charge in [0.05, 0.1) is 17.7 Å². The van der Waals surface area contributed by atoms with Gasteiger partial charge in [0.15, 0.2) is 0 Å². The summed E-state index contributed by atoms with van der Waals surface area (Å²) in [6, 6.07) is 6.60. The lowest BCUT2D eigenvalue weighted by molar-refractivity contribution is 0.169. The number of likely N-dealkylation sites (tertiary alicyclic amines) is 1. The zero-order chi connectivity index (χ0) is 14.7. The molecule has 0 spiro atoms. The van der Waals surface area contributed by atoms with E-state index >= 15 is 0 Å². The van der Waals surface area contributed by atoms with Gasteiger partial charge in [-0.05, 0) is 38.2 Å². The van der Waals surface area contributed by atoms with E-state index in [1.54, 1.807) is 6.07 Å². The Kier molecular flexibility index (Phi) is 4.71. The fourth-order valence-corrected chi connectivity index (χ4v) is 2.77. The van der Waals surface area contributed by atoms with Crippen LogP contribution in [0, 0.1) is 17.1 Å². The summed E-state index contributed by atoms with van der Waals surface area (Å²) < 4.78 is 13.1. The highest BCUT2D eigenvalue weighted by Crippen LogP contribution is 2.22. The van der Waals surface area contributed by atoms with Gasteiger partial charge in [-0.1, -0.05) is 6.07 Å². The van der Waals surface area contributed by atoms with Gasteiger partial charge in [0.2, 0.25) is 0 Å². The molecule has 1 aromatic rings. The quantitative estimate of drug-likeness (QED) is 0.898. The van der Waals surface area contributed by atoms with Crippen LogP contribution in [0.4, 0.5) is 4.39 Å². The normalized spacial score (nSPS) is 23.2. The molecule has 5 heteroatoms. The molecule has 20 heavy (non-hydrogen) atoms. The molecule has 1 aliphatic heterocycles. The molecule has 4 nitrogen and oxygen atoms in total. The highest BCUT2D eigenvalue weighted by Gasteiger charge is 2.31. The van der Waals surface area contributed by atoms with Crippen LogP contribution in [0.2, 0.25) is 0 Å². The highest BCUT2D eigenvalue weighted by molar-refractivity contribution is 5.38. The Morgan fingerprint density at radius 3 is 2.90 bits per heavy atom. The summed E-state index contributed by atoms with van der Waals surface area (Å²) in [5.74, 6) is -0.392. The standard InChI is InChI=1S/C15H20FN3O/c1-18(2)9-14-6-15(20)10-19(14)8-11-3-4-13(16)5-12(11)7-17/h3-5,14-15,20H,6,8-10H2,1-2H3. The lowest BCUT2D eigenvalue weighted by Crippen LogP contribution is -2.37. The van der Waals surface area contributed by atoms with Crippen molar-refractivity contribution in [1.82, 2.24) is 9.80 Å². The zero-order valence-electron chi connectivity index (χ0n) is 11.9. The average Bonchev–Trinajstić information content (AvgIpc) is 2.70. The fourth-order valence-electron chi connectivity index (χ4n) is 2.77. The van der Waals surface area contributed by atoms with Gasteiger partial charge in [0.1, 0.15) is 5.82 Å². The number of β-amino-alcohol motifs (C(OH)–C–C–N with tert-alkyl or cyclic N) is 1. The number of aliphatic hydroxyl groups is 1. The van der Waals surface area contributed by atoms with E-state index in [1.165, 1.54) is 12.1 Å². The van der Waals surface area contributed by atoms with Gasteiger partial charge in [-0.15, -0.1) is 0 Å². The van der Waals surface area contributed by atoms with Crippen LogP contribution in [0.25, 0.3) is 0 Å². The van der Waals surface area contributed by atoms with Crippen molar-refractivity contribution >= 4 is 0 Å². The molecule has 1 heterocycles. The van der Waals surface area contributed by atoms with E-state index in [0.29, 0.717) is 18.7 Å². The van der Waals surface area contributed by atoms with Crippen LogP contribution in [-0.4, -0.2) is 54.2 Å².